The van der Waals surface area contributed by atoms with Crippen LogP contribution in [0.15, 0.2) is 41.1 Å². The van der Waals surface area contributed by atoms with Gasteiger partial charge in [-0.05, 0) is 35.2 Å². The third-order valence-electron chi connectivity index (χ3n) is 3.27. The second kappa shape index (κ2) is 6.89. The first-order valence-corrected chi connectivity index (χ1v) is 8.30. The van der Waals surface area contributed by atoms with Crippen LogP contribution in [0.2, 0.25) is 5.02 Å². The van der Waals surface area contributed by atoms with Gasteiger partial charge in [-0.25, -0.2) is 0 Å². The van der Waals surface area contributed by atoms with Gasteiger partial charge in [0, 0.05) is 16.0 Å². The second-order valence-corrected chi connectivity index (χ2v) is 6.15. The van der Waals surface area contributed by atoms with Crippen molar-refractivity contribution in [3.63, 3.8) is 0 Å². The summed E-state index contributed by atoms with van der Waals surface area (Å²) in [6.07, 6.45) is 0. The molecule has 1 N–H and O–H groups in total. The van der Waals surface area contributed by atoms with E-state index in [-0.39, 0.29) is 18.5 Å². The molecule has 0 unspecified atom stereocenters. The van der Waals surface area contributed by atoms with E-state index in [1.54, 1.807) is 17.4 Å². The Morgan fingerprint density at radius 2 is 2.22 bits per heavy atom. The molecule has 0 spiro atoms. The highest BCUT2D eigenvalue weighted by molar-refractivity contribution is 7.08. The van der Waals surface area contributed by atoms with Crippen molar-refractivity contribution in [2.75, 3.05) is 0 Å². The Hall–Kier alpha value is -2.25. The van der Waals surface area contributed by atoms with Gasteiger partial charge in [0.1, 0.15) is 6.54 Å². The van der Waals surface area contributed by atoms with Gasteiger partial charge in [-0.3, -0.25) is 4.79 Å². The average molecular weight is 348 g/mol. The largest absolute Gasteiger partial charge is 0.348 e. The van der Waals surface area contributed by atoms with Crippen molar-refractivity contribution in [1.29, 1.82) is 0 Å². The summed E-state index contributed by atoms with van der Waals surface area (Å²) in [6.45, 7) is 1.89. The lowest BCUT2D eigenvalue weighted by atomic mass is 10.1. The zero-order chi connectivity index (χ0) is 16.2. The highest BCUT2D eigenvalue weighted by atomic mass is 35.5. The fourth-order valence-electron chi connectivity index (χ4n) is 2.14. The molecule has 118 valence electrons. The number of carbonyl (C=O) groups is 1. The van der Waals surface area contributed by atoms with Gasteiger partial charge in [-0.2, -0.15) is 16.1 Å². The van der Waals surface area contributed by atoms with E-state index in [1.807, 2.05) is 41.9 Å². The van der Waals surface area contributed by atoms with E-state index in [9.17, 15) is 4.79 Å². The molecule has 3 rings (SSSR count). The van der Waals surface area contributed by atoms with Crippen molar-refractivity contribution < 1.29 is 4.79 Å². The van der Waals surface area contributed by atoms with Crippen LogP contribution < -0.4 is 5.32 Å². The molecule has 1 atom stereocenters. The normalized spacial score (nSPS) is 12.1. The Kier molecular flexibility index (Phi) is 4.68. The van der Waals surface area contributed by atoms with E-state index in [4.69, 9.17) is 11.6 Å². The molecule has 0 bridgehead atoms. The number of hydrogen-bond acceptors (Lipinski definition) is 5. The van der Waals surface area contributed by atoms with Crippen LogP contribution >= 0.6 is 22.9 Å². The van der Waals surface area contributed by atoms with Crippen LogP contribution in [-0.2, 0) is 11.3 Å². The highest BCUT2D eigenvalue weighted by Gasteiger charge is 2.14. The average Bonchev–Trinajstić information content (AvgIpc) is 3.18. The van der Waals surface area contributed by atoms with Gasteiger partial charge in [0.2, 0.25) is 11.7 Å². The van der Waals surface area contributed by atoms with Crippen molar-refractivity contribution >= 4 is 28.8 Å². The highest BCUT2D eigenvalue weighted by Crippen LogP contribution is 2.22. The Balaban J connectivity index is 1.62. The number of benzene rings is 1. The number of nitrogens with zero attached hydrogens (tertiary/aromatic N) is 4. The summed E-state index contributed by atoms with van der Waals surface area (Å²) >= 11 is 7.69. The first-order valence-electron chi connectivity index (χ1n) is 6.97. The fraction of sp³-hybridized carbons (Fsp3) is 0.200. The van der Waals surface area contributed by atoms with Crippen molar-refractivity contribution in [1.82, 2.24) is 25.5 Å². The molecule has 0 aliphatic carbocycles. The van der Waals surface area contributed by atoms with E-state index in [0.717, 1.165) is 11.1 Å². The van der Waals surface area contributed by atoms with Gasteiger partial charge in [0.05, 0.1) is 6.04 Å². The summed E-state index contributed by atoms with van der Waals surface area (Å²) in [4.78, 5) is 13.4. The predicted molar refractivity (Wildman–Crippen MR) is 89.1 cm³/mol. The maximum atomic E-state index is 12.1. The number of tetrazole rings is 1. The minimum atomic E-state index is -0.202. The maximum absolute atomic E-state index is 12.1. The lowest BCUT2D eigenvalue weighted by Crippen LogP contribution is -2.31. The molecule has 3 aromatic rings. The Morgan fingerprint density at radius 3 is 2.96 bits per heavy atom. The monoisotopic (exact) mass is 347 g/mol. The summed E-state index contributed by atoms with van der Waals surface area (Å²) in [5.41, 5.74) is 1.76. The summed E-state index contributed by atoms with van der Waals surface area (Å²) in [6, 6.07) is 9.13. The Labute approximate surface area is 142 Å². The van der Waals surface area contributed by atoms with Crippen molar-refractivity contribution in [3.05, 3.63) is 51.7 Å². The molecule has 1 amide bonds. The number of halogens is 1. The Morgan fingerprint density at radius 1 is 1.39 bits per heavy atom. The molecule has 0 radical (unpaired) electrons. The van der Waals surface area contributed by atoms with Gasteiger partial charge in [-0.1, -0.05) is 29.8 Å². The van der Waals surface area contributed by atoms with Crippen molar-refractivity contribution in [2.24, 2.45) is 0 Å². The van der Waals surface area contributed by atoms with Crippen LogP contribution in [0.5, 0.6) is 0 Å². The smallest absolute Gasteiger partial charge is 0.244 e. The molecule has 8 heteroatoms. The molecule has 6 nitrogen and oxygen atoms in total. The van der Waals surface area contributed by atoms with E-state index in [1.165, 1.54) is 4.80 Å². The van der Waals surface area contributed by atoms with Gasteiger partial charge in [0.25, 0.3) is 0 Å². The number of rotatable bonds is 5. The first kappa shape index (κ1) is 15.6. The van der Waals surface area contributed by atoms with E-state index in [2.05, 4.69) is 20.7 Å². The second-order valence-electron chi connectivity index (χ2n) is 4.97. The third kappa shape index (κ3) is 3.75. The van der Waals surface area contributed by atoms with Crippen LogP contribution in [0.1, 0.15) is 18.5 Å². The lowest BCUT2D eigenvalue weighted by molar-refractivity contribution is -0.122. The zero-order valence-electron chi connectivity index (χ0n) is 12.3. The summed E-state index contributed by atoms with van der Waals surface area (Å²) in [5, 5.41) is 19.4. The fourth-order valence-corrected chi connectivity index (χ4v) is 3.07. The molecule has 0 saturated carbocycles. The molecule has 0 aliphatic rings. The van der Waals surface area contributed by atoms with Gasteiger partial charge >= 0.3 is 0 Å². The van der Waals surface area contributed by atoms with E-state index < -0.39 is 0 Å². The van der Waals surface area contributed by atoms with Gasteiger partial charge in [0.15, 0.2) is 0 Å². The summed E-state index contributed by atoms with van der Waals surface area (Å²) in [7, 11) is 0. The number of amides is 1. The third-order valence-corrected chi connectivity index (χ3v) is 4.29. The lowest BCUT2D eigenvalue weighted by Gasteiger charge is -2.15. The molecule has 2 aromatic heterocycles. The maximum Gasteiger partial charge on any atom is 0.244 e. The molecule has 1 aromatic carbocycles. The van der Waals surface area contributed by atoms with Crippen molar-refractivity contribution in [2.45, 2.75) is 19.5 Å². The van der Waals surface area contributed by atoms with Crippen LogP contribution in [0, 0.1) is 0 Å². The molecule has 0 saturated heterocycles. The molecule has 2 heterocycles. The van der Waals surface area contributed by atoms with Crippen molar-refractivity contribution in [3.8, 4) is 11.4 Å². The summed E-state index contributed by atoms with van der Waals surface area (Å²) in [5.74, 6) is 0.310. The zero-order valence-corrected chi connectivity index (χ0v) is 13.9. The number of hydrogen-bond donors (Lipinski definition) is 1. The standard InChI is InChI=1S/C15H14ClN5OS/c1-10(12-4-2-3-5-13(12)16)17-14(22)8-21-19-15(18-20-21)11-6-7-23-9-11/h2-7,9-10H,8H2,1H3,(H,17,22)/t10-/m1/s1. The number of carbonyl (C=O) groups excluding carboxylic acids is 1. The number of aromatic nitrogens is 4. The van der Waals surface area contributed by atoms with E-state index >= 15 is 0 Å². The molecule has 0 fully saturated rings. The van der Waals surface area contributed by atoms with Gasteiger partial charge < -0.3 is 5.32 Å². The summed E-state index contributed by atoms with van der Waals surface area (Å²) < 4.78 is 0. The molecular formula is C15H14ClN5OS. The Bertz CT molecular complexity index is 802. The minimum absolute atomic E-state index is 0.00588. The van der Waals surface area contributed by atoms with Gasteiger partial charge in [-0.15, -0.1) is 10.2 Å². The van der Waals surface area contributed by atoms with Crippen LogP contribution in [0.4, 0.5) is 0 Å². The predicted octanol–water partition coefficient (Wildman–Crippen LogP) is 2.93. The quantitative estimate of drug-likeness (QED) is 0.770. The molecule has 23 heavy (non-hydrogen) atoms. The SMILES string of the molecule is C[C@@H](NC(=O)Cn1nnc(-c2ccsc2)n1)c1ccccc1Cl. The van der Waals surface area contributed by atoms with Crippen LogP contribution in [0.3, 0.4) is 0 Å². The number of thiophene rings is 1. The molecular weight excluding hydrogens is 334 g/mol. The van der Waals surface area contributed by atoms with E-state index in [0.29, 0.717) is 10.8 Å². The number of nitrogens with one attached hydrogen (secondary N) is 1. The minimum Gasteiger partial charge on any atom is -0.348 e. The first-order chi connectivity index (χ1) is 11.1. The van der Waals surface area contributed by atoms with Crippen LogP contribution in [-0.4, -0.2) is 26.1 Å². The van der Waals surface area contributed by atoms with Crippen LogP contribution in [0.25, 0.3) is 11.4 Å². The topological polar surface area (TPSA) is 72.7 Å². The molecule has 0 aliphatic heterocycles.